The van der Waals surface area contributed by atoms with E-state index in [1.807, 2.05) is 61.5 Å². The first-order valence-electron chi connectivity index (χ1n) is 11.5. The standard InChI is InChI=1S/C28H23N3O4S2/c1-17-8-10-19(11-9-17)23-22(24(32)20-12-14-21(35-2)15-13-20)25(33)26(34)31(23)27-29-30-28(37-27)36-16-18-6-4-3-5-7-18/h3-15,23,32H,16H2,1-2H3/b24-22-. The van der Waals surface area contributed by atoms with Crippen LogP contribution >= 0.6 is 23.1 Å². The highest BCUT2D eigenvalue weighted by molar-refractivity contribution is 8.00. The SMILES string of the molecule is COc1ccc(/C(O)=C2/C(=O)C(=O)N(c3nnc(SCc4ccccc4)s3)C2c2ccc(C)cc2)cc1. The maximum atomic E-state index is 13.3. The number of nitrogens with zero attached hydrogens (tertiary/aromatic N) is 3. The second-order valence-corrected chi connectivity index (χ2v) is 10.6. The Morgan fingerprint density at radius 3 is 2.38 bits per heavy atom. The van der Waals surface area contributed by atoms with Gasteiger partial charge >= 0.3 is 5.91 Å². The van der Waals surface area contributed by atoms with E-state index in [2.05, 4.69) is 10.2 Å². The van der Waals surface area contributed by atoms with Crippen molar-refractivity contribution in [2.45, 2.75) is 23.1 Å². The van der Waals surface area contributed by atoms with Gasteiger partial charge in [0.25, 0.3) is 5.78 Å². The maximum Gasteiger partial charge on any atom is 0.301 e. The summed E-state index contributed by atoms with van der Waals surface area (Å²) in [5, 5.41) is 20.1. The van der Waals surface area contributed by atoms with Gasteiger partial charge < -0.3 is 9.84 Å². The third kappa shape index (κ3) is 5.00. The number of ether oxygens (including phenoxy) is 1. The fourth-order valence-electron chi connectivity index (χ4n) is 4.08. The molecule has 9 heteroatoms. The van der Waals surface area contributed by atoms with Crippen molar-refractivity contribution in [1.82, 2.24) is 10.2 Å². The van der Waals surface area contributed by atoms with Crippen LogP contribution in [0.2, 0.25) is 0 Å². The maximum absolute atomic E-state index is 13.3. The highest BCUT2D eigenvalue weighted by Gasteiger charge is 2.48. The number of rotatable bonds is 7. The second-order valence-electron chi connectivity index (χ2n) is 8.43. The van der Waals surface area contributed by atoms with Crippen molar-refractivity contribution >= 4 is 45.7 Å². The second kappa shape index (κ2) is 10.6. The molecule has 1 aliphatic heterocycles. The largest absolute Gasteiger partial charge is 0.507 e. The van der Waals surface area contributed by atoms with Crippen LogP contribution in [-0.2, 0) is 15.3 Å². The van der Waals surface area contributed by atoms with Crippen LogP contribution in [0.5, 0.6) is 5.75 Å². The summed E-state index contributed by atoms with van der Waals surface area (Å²) >= 11 is 2.75. The van der Waals surface area contributed by atoms with Crippen LogP contribution in [0.1, 0.15) is 28.3 Å². The highest BCUT2D eigenvalue weighted by atomic mass is 32.2. The molecule has 1 saturated heterocycles. The predicted molar refractivity (Wildman–Crippen MR) is 145 cm³/mol. The minimum atomic E-state index is -0.845. The molecule has 0 aliphatic carbocycles. The summed E-state index contributed by atoms with van der Waals surface area (Å²) in [6, 6.07) is 23.3. The molecule has 186 valence electrons. The third-order valence-corrected chi connectivity index (χ3v) is 8.13. The minimum absolute atomic E-state index is 0.00714. The fraction of sp³-hybridized carbons (Fsp3) is 0.143. The average molecular weight is 530 g/mol. The molecule has 5 rings (SSSR count). The smallest absolute Gasteiger partial charge is 0.301 e. The summed E-state index contributed by atoms with van der Waals surface area (Å²) in [6.45, 7) is 1.96. The molecule has 3 aromatic carbocycles. The number of carbonyl (C=O) groups is 2. The van der Waals surface area contributed by atoms with Crippen molar-refractivity contribution in [3.05, 3.63) is 107 Å². The van der Waals surface area contributed by atoms with E-state index < -0.39 is 17.7 Å². The molecular weight excluding hydrogens is 506 g/mol. The first-order chi connectivity index (χ1) is 18.0. The van der Waals surface area contributed by atoms with Crippen LogP contribution in [0, 0.1) is 6.92 Å². The summed E-state index contributed by atoms with van der Waals surface area (Å²) in [4.78, 5) is 28.0. The quantitative estimate of drug-likeness (QED) is 0.107. The predicted octanol–water partition coefficient (Wildman–Crippen LogP) is 5.77. The van der Waals surface area contributed by atoms with Crippen LogP contribution in [-0.4, -0.2) is 34.1 Å². The number of benzene rings is 3. The number of ketones is 1. The zero-order valence-electron chi connectivity index (χ0n) is 20.1. The van der Waals surface area contributed by atoms with Gasteiger partial charge in [-0.15, -0.1) is 10.2 Å². The molecule has 1 atom stereocenters. The zero-order valence-corrected chi connectivity index (χ0v) is 21.8. The van der Waals surface area contributed by atoms with Crippen molar-refractivity contribution in [3.63, 3.8) is 0 Å². The molecule has 1 N–H and O–H groups in total. The number of hydrogen-bond acceptors (Lipinski definition) is 8. The number of aryl methyl sites for hydroxylation is 1. The summed E-state index contributed by atoms with van der Waals surface area (Å²) in [5.74, 6) is -0.463. The lowest BCUT2D eigenvalue weighted by Crippen LogP contribution is -2.29. The number of anilines is 1. The van der Waals surface area contributed by atoms with Crippen LogP contribution in [0.15, 0.2) is 88.8 Å². The van der Waals surface area contributed by atoms with Gasteiger partial charge in [0, 0.05) is 11.3 Å². The van der Waals surface area contributed by atoms with E-state index >= 15 is 0 Å². The summed E-state index contributed by atoms with van der Waals surface area (Å²) in [7, 11) is 1.55. The lowest BCUT2D eigenvalue weighted by Gasteiger charge is -2.22. The van der Waals surface area contributed by atoms with Gasteiger partial charge in [-0.05, 0) is 42.3 Å². The summed E-state index contributed by atoms with van der Waals surface area (Å²) in [6.07, 6.45) is 0. The molecule has 0 bridgehead atoms. The molecule has 2 heterocycles. The lowest BCUT2D eigenvalue weighted by atomic mass is 9.95. The van der Waals surface area contributed by atoms with E-state index in [1.165, 1.54) is 28.0 Å². The van der Waals surface area contributed by atoms with Crippen LogP contribution in [0.3, 0.4) is 0 Å². The number of methoxy groups -OCH3 is 1. The first-order valence-corrected chi connectivity index (χ1v) is 13.3. The Morgan fingerprint density at radius 2 is 1.70 bits per heavy atom. The topological polar surface area (TPSA) is 92.6 Å². The Labute approximate surface area is 222 Å². The van der Waals surface area contributed by atoms with Crippen LogP contribution < -0.4 is 9.64 Å². The normalized spacial score (nSPS) is 16.8. The van der Waals surface area contributed by atoms with E-state index in [9.17, 15) is 14.7 Å². The van der Waals surface area contributed by atoms with E-state index in [-0.39, 0.29) is 11.3 Å². The molecule has 1 amide bonds. The Bertz CT molecular complexity index is 1470. The number of carbonyl (C=O) groups excluding carboxylic acids is 2. The molecule has 1 fully saturated rings. The molecule has 0 spiro atoms. The first kappa shape index (κ1) is 24.7. The van der Waals surface area contributed by atoms with Crippen molar-refractivity contribution in [3.8, 4) is 5.75 Å². The van der Waals surface area contributed by atoms with Gasteiger partial charge in [-0.3, -0.25) is 14.5 Å². The number of aromatic nitrogens is 2. The number of aliphatic hydroxyl groups is 1. The van der Waals surface area contributed by atoms with Crippen molar-refractivity contribution < 1.29 is 19.4 Å². The molecule has 7 nitrogen and oxygen atoms in total. The summed E-state index contributed by atoms with van der Waals surface area (Å²) < 4.78 is 5.88. The number of aliphatic hydroxyl groups excluding tert-OH is 1. The number of hydrogen-bond donors (Lipinski definition) is 1. The molecule has 0 saturated carbocycles. The fourth-order valence-corrected chi connectivity index (χ4v) is 5.90. The van der Waals surface area contributed by atoms with Crippen molar-refractivity contribution in [2.75, 3.05) is 12.0 Å². The Balaban J connectivity index is 1.54. The van der Waals surface area contributed by atoms with E-state index in [0.29, 0.717) is 32.1 Å². The molecule has 0 radical (unpaired) electrons. The molecule has 1 aliphatic rings. The van der Waals surface area contributed by atoms with Gasteiger partial charge in [0.2, 0.25) is 5.13 Å². The third-order valence-electron chi connectivity index (χ3n) is 6.01. The van der Waals surface area contributed by atoms with Gasteiger partial charge in [0.15, 0.2) is 4.34 Å². The van der Waals surface area contributed by atoms with Crippen molar-refractivity contribution in [1.29, 1.82) is 0 Å². The van der Waals surface area contributed by atoms with Gasteiger partial charge in [0.05, 0.1) is 18.7 Å². The zero-order chi connectivity index (χ0) is 25.9. The Kier molecular flexibility index (Phi) is 7.07. The molecule has 1 aromatic heterocycles. The van der Waals surface area contributed by atoms with Gasteiger partial charge in [0.1, 0.15) is 11.5 Å². The highest BCUT2D eigenvalue weighted by Crippen LogP contribution is 2.44. The van der Waals surface area contributed by atoms with Gasteiger partial charge in [-0.25, -0.2) is 0 Å². The van der Waals surface area contributed by atoms with Crippen LogP contribution in [0.4, 0.5) is 5.13 Å². The van der Waals surface area contributed by atoms with E-state index in [0.717, 1.165) is 11.1 Å². The number of thioether (sulfide) groups is 1. The Morgan fingerprint density at radius 1 is 1.00 bits per heavy atom. The molecule has 4 aromatic rings. The monoisotopic (exact) mass is 529 g/mol. The number of Topliss-reactive ketones (excluding diaryl/α,β-unsaturated/α-hetero) is 1. The number of amides is 1. The van der Waals surface area contributed by atoms with E-state index in [4.69, 9.17) is 4.74 Å². The Hall–Kier alpha value is -3.95. The van der Waals surface area contributed by atoms with Gasteiger partial charge in [-0.1, -0.05) is 83.3 Å². The molecular formula is C28H23N3O4S2. The molecule has 1 unspecified atom stereocenters. The van der Waals surface area contributed by atoms with Crippen LogP contribution in [0.25, 0.3) is 5.76 Å². The van der Waals surface area contributed by atoms with E-state index in [1.54, 1.807) is 31.4 Å². The minimum Gasteiger partial charge on any atom is -0.507 e. The average Bonchev–Trinajstić information content (AvgIpc) is 3.50. The van der Waals surface area contributed by atoms with Crippen molar-refractivity contribution in [2.24, 2.45) is 0 Å². The van der Waals surface area contributed by atoms with Gasteiger partial charge in [-0.2, -0.15) is 0 Å². The summed E-state index contributed by atoms with van der Waals surface area (Å²) in [5.41, 5.74) is 3.28. The lowest BCUT2D eigenvalue weighted by molar-refractivity contribution is -0.132. The molecule has 37 heavy (non-hydrogen) atoms.